The summed E-state index contributed by atoms with van der Waals surface area (Å²) >= 11 is 6.52. The number of aliphatic hydroxyl groups excluding tert-OH is 1. The highest BCUT2D eigenvalue weighted by atomic mass is 35.5. The molecule has 0 spiro atoms. The quantitative estimate of drug-likeness (QED) is 0.294. The SMILES string of the molecule is Nc1cc2c(c(Cl)n1)CCCCC(O)NCCC1(O)CCCN(C1)c1nc(OC[C@@]34CCCN3C[C@H](F)C4)nc3c(F)c-2c(F)cc13. The molecule has 1 aromatic carbocycles. The zero-order valence-electron chi connectivity index (χ0n) is 26.3. The molecule has 0 saturated carbocycles. The smallest absolute Gasteiger partial charge is 0.319 e. The predicted octanol–water partition coefficient (Wildman–Crippen LogP) is 4.52. The summed E-state index contributed by atoms with van der Waals surface area (Å²) in [5, 5.41) is 25.4. The first kappa shape index (κ1) is 32.6. The number of hydrogen-bond donors (Lipinski definition) is 4. The summed E-state index contributed by atoms with van der Waals surface area (Å²) in [7, 11) is 0. The number of nitrogens with zero attached hydrogens (tertiary/aromatic N) is 5. The second kappa shape index (κ2) is 12.8. The van der Waals surface area contributed by atoms with E-state index in [4.69, 9.17) is 22.1 Å². The van der Waals surface area contributed by atoms with Crippen LogP contribution in [0.25, 0.3) is 22.0 Å². The van der Waals surface area contributed by atoms with Crippen LogP contribution >= 0.6 is 11.6 Å². The lowest BCUT2D eigenvalue weighted by Gasteiger charge is -2.40. The van der Waals surface area contributed by atoms with E-state index >= 15 is 8.78 Å². The number of nitrogens with one attached hydrogen (secondary N) is 1. The van der Waals surface area contributed by atoms with Crippen LogP contribution in [-0.4, -0.2) is 92.9 Å². The Morgan fingerprint density at radius 1 is 1.09 bits per heavy atom. The first-order valence-electron chi connectivity index (χ1n) is 16.6. The topological polar surface area (TPSA) is 133 Å². The van der Waals surface area contributed by atoms with Gasteiger partial charge in [0, 0.05) is 38.0 Å². The average molecular weight is 676 g/mol. The van der Waals surface area contributed by atoms with Gasteiger partial charge in [-0.05, 0) is 87.6 Å². The van der Waals surface area contributed by atoms with Crippen LogP contribution in [0.1, 0.15) is 63.4 Å². The Balaban J connectivity index is 1.37. The van der Waals surface area contributed by atoms with Crippen LogP contribution in [-0.2, 0) is 6.42 Å². The van der Waals surface area contributed by atoms with E-state index in [1.54, 1.807) is 0 Å². The predicted molar refractivity (Wildman–Crippen MR) is 173 cm³/mol. The van der Waals surface area contributed by atoms with Crippen LogP contribution in [0.5, 0.6) is 6.01 Å². The Morgan fingerprint density at radius 2 is 1.91 bits per heavy atom. The molecule has 8 rings (SSSR count). The van der Waals surface area contributed by atoms with E-state index in [-0.39, 0.29) is 58.0 Å². The Bertz CT molecular complexity index is 1670. The Morgan fingerprint density at radius 3 is 2.77 bits per heavy atom. The molecule has 254 valence electrons. The van der Waals surface area contributed by atoms with Crippen LogP contribution < -0.4 is 20.7 Å². The second-order valence-electron chi connectivity index (χ2n) is 13.7. The largest absolute Gasteiger partial charge is 0.461 e. The van der Waals surface area contributed by atoms with Crippen LogP contribution in [0, 0.1) is 11.6 Å². The van der Waals surface area contributed by atoms with Crippen LogP contribution in [0.2, 0.25) is 5.15 Å². The zero-order valence-corrected chi connectivity index (χ0v) is 27.0. The van der Waals surface area contributed by atoms with Crippen LogP contribution in [0.4, 0.5) is 24.8 Å². The minimum absolute atomic E-state index is 0.0116. The number of anilines is 2. The number of pyridine rings is 1. The molecule has 3 saturated heterocycles. The molecule has 14 heteroatoms. The summed E-state index contributed by atoms with van der Waals surface area (Å²) < 4.78 is 53.8. The third kappa shape index (κ3) is 6.32. The van der Waals surface area contributed by atoms with Gasteiger partial charge < -0.3 is 25.6 Å². The van der Waals surface area contributed by atoms with E-state index in [0.717, 1.165) is 19.4 Å². The molecule has 10 nitrogen and oxygen atoms in total. The minimum Gasteiger partial charge on any atom is -0.461 e. The standard InChI is InChI=1S/C33H41ClF3N7O3/c34-29-20-5-1-2-6-25(45)39-10-9-33(46)8-4-11-43(17-33)30-22-13-23(36)26(21(20)14-24(38)40-29)27(37)28(22)41-31(42-30)47-18-32-7-3-12-44(32)16-19(35)15-32/h13-14,19,25,39,45-46H,1-12,15-18H2,(H2,38,40)/t19-,25?,32+,33?/m1/s1. The van der Waals surface area contributed by atoms with Crippen molar-refractivity contribution in [2.75, 3.05) is 50.0 Å². The van der Waals surface area contributed by atoms with E-state index in [2.05, 4.69) is 25.2 Å². The van der Waals surface area contributed by atoms with Gasteiger partial charge in [-0.1, -0.05) is 11.6 Å². The van der Waals surface area contributed by atoms with E-state index in [1.807, 2.05) is 4.90 Å². The normalized spacial score (nSPS) is 28.8. The molecule has 0 amide bonds. The van der Waals surface area contributed by atoms with Gasteiger partial charge in [0.05, 0.1) is 16.7 Å². The number of ether oxygens (including phenoxy) is 1. The number of alkyl halides is 1. The molecule has 2 aromatic heterocycles. The Hall–Kier alpha value is -2.97. The number of halogens is 4. The van der Waals surface area contributed by atoms with Crippen molar-refractivity contribution in [3.05, 3.63) is 34.5 Å². The number of piperidine rings is 1. The van der Waals surface area contributed by atoms with Gasteiger partial charge in [0.1, 0.15) is 47.1 Å². The Labute approximate surface area is 276 Å². The van der Waals surface area contributed by atoms with Crippen molar-refractivity contribution < 1.29 is 28.1 Å². The third-order valence-corrected chi connectivity index (χ3v) is 10.7. The number of nitrogens with two attached hydrogens (primary N) is 1. The van der Waals surface area contributed by atoms with Gasteiger partial charge in [0.25, 0.3) is 0 Å². The number of rotatable bonds is 3. The molecule has 47 heavy (non-hydrogen) atoms. The number of aliphatic hydroxyl groups is 2. The van der Waals surface area contributed by atoms with Gasteiger partial charge in [-0.25, -0.2) is 18.2 Å². The van der Waals surface area contributed by atoms with Gasteiger partial charge in [0.15, 0.2) is 5.82 Å². The fourth-order valence-electron chi connectivity index (χ4n) is 8.09. The summed E-state index contributed by atoms with van der Waals surface area (Å²) in [6.45, 7) is 2.28. The molecule has 5 N–H and O–H groups in total. The van der Waals surface area contributed by atoms with Crippen molar-refractivity contribution in [2.24, 2.45) is 0 Å². The number of fused-ring (bicyclic) bond motifs is 9. The van der Waals surface area contributed by atoms with Gasteiger partial charge in [-0.2, -0.15) is 9.97 Å². The van der Waals surface area contributed by atoms with Crippen molar-refractivity contribution >= 4 is 34.1 Å². The Kier molecular flexibility index (Phi) is 8.88. The molecule has 0 radical (unpaired) electrons. The number of nitrogen functional groups attached to an aromatic ring is 1. The van der Waals surface area contributed by atoms with Crippen molar-refractivity contribution in [3.8, 4) is 17.1 Å². The number of benzene rings is 1. The third-order valence-electron chi connectivity index (χ3n) is 10.4. The van der Waals surface area contributed by atoms with E-state index < -0.39 is 35.2 Å². The van der Waals surface area contributed by atoms with E-state index in [0.29, 0.717) is 76.6 Å². The van der Waals surface area contributed by atoms with E-state index in [9.17, 15) is 14.6 Å². The summed E-state index contributed by atoms with van der Waals surface area (Å²) in [4.78, 5) is 17.3. The fraction of sp³-hybridized carbons (Fsp3) is 0.606. The lowest BCUT2D eigenvalue weighted by Crippen LogP contribution is -2.50. The highest BCUT2D eigenvalue weighted by molar-refractivity contribution is 6.30. The number of hydrogen-bond acceptors (Lipinski definition) is 10. The lowest BCUT2D eigenvalue weighted by molar-refractivity contribution is 0.0130. The van der Waals surface area contributed by atoms with Crippen LogP contribution in [0.3, 0.4) is 0 Å². The molecule has 2 unspecified atom stereocenters. The maximum Gasteiger partial charge on any atom is 0.319 e. The second-order valence-corrected chi connectivity index (χ2v) is 14.1. The molecule has 3 aromatic rings. The first-order valence-corrected chi connectivity index (χ1v) is 17.0. The molecule has 5 aliphatic rings. The van der Waals surface area contributed by atoms with E-state index in [1.165, 1.54) is 12.1 Å². The molecule has 3 fully saturated rings. The minimum atomic E-state index is -1.13. The average Bonchev–Trinajstić information content (AvgIpc) is 3.54. The molecule has 7 heterocycles. The van der Waals surface area contributed by atoms with Gasteiger partial charge in [0.2, 0.25) is 0 Å². The highest BCUT2D eigenvalue weighted by Gasteiger charge is 2.49. The summed E-state index contributed by atoms with van der Waals surface area (Å²) in [5.74, 6) is -1.51. The van der Waals surface area contributed by atoms with Gasteiger partial charge >= 0.3 is 6.01 Å². The van der Waals surface area contributed by atoms with Crippen molar-refractivity contribution in [1.29, 1.82) is 0 Å². The monoisotopic (exact) mass is 675 g/mol. The van der Waals surface area contributed by atoms with Gasteiger partial charge in [-0.15, -0.1) is 0 Å². The molecular formula is C33H41ClF3N7O3. The van der Waals surface area contributed by atoms with Crippen molar-refractivity contribution in [1.82, 2.24) is 25.2 Å². The first-order chi connectivity index (χ1) is 22.5. The highest BCUT2D eigenvalue weighted by Crippen LogP contribution is 2.42. The zero-order chi connectivity index (χ0) is 32.9. The lowest BCUT2D eigenvalue weighted by atomic mass is 9.89. The number of aromatic nitrogens is 3. The molecule has 4 atom stereocenters. The molecule has 6 bridgehead atoms. The maximum absolute atomic E-state index is 16.9. The maximum atomic E-state index is 16.9. The van der Waals surface area contributed by atoms with Crippen molar-refractivity contribution in [3.63, 3.8) is 0 Å². The molecular weight excluding hydrogens is 635 g/mol. The van der Waals surface area contributed by atoms with Crippen molar-refractivity contribution in [2.45, 2.75) is 87.7 Å². The summed E-state index contributed by atoms with van der Waals surface area (Å²) in [6.07, 6.45) is 3.76. The fourth-order valence-corrected chi connectivity index (χ4v) is 8.38. The molecule has 5 aliphatic heterocycles. The molecule has 0 aliphatic carbocycles. The van der Waals surface area contributed by atoms with Gasteiger partial charge in [-0.3, -0.25) is 10.2 Å². The summed E-state index contributed by atoms with van der Waals surface area (Å²) in [5.41, 5.74) is 4.55. The van der Waals surface area contributed by atoms with Crippen LogP contribution in [0.15, 0.2) is 12.1 Å². The summed E-state index contributed by atoms with van der Waals surface area (Å²) in [6, 6.07) is 2.53.